The number of carboxylic acid groups (broad SMARTS) is 1. The lowest BCUT2D eigenvalue weighted by atomic mass is 9.90. The minimum absolute atomic E-state index is 0.643. The molecule has 20 heavy (non-hydrogen) atoms. The molecule has 0 radical (unpaired) electrons. The van der Waals surface area contributed by atoms with Gasteiger partial charge in [0.15, 0.2) is 0 Å². The second-order valence-corrected chi connectivity index (χ2v) is 6.64. The van der Waals surface area contributed by atoms with Crippen LogP contribution in [-0.2, 0) is 11.3 Å². The average molecular weight is 361 g/mol. The van der Waals surface area contributed by atoms with Crippen LogP contribution in [0.3, 0.4) is 0 Å². The van der Waals surface area contributed by atoms with Gasteiger partial charge in [-0.3, -0.25) is 9.69 Å². The van der Waals surface area contributed by atoms with Gasteiger partial charge in [0, 0.05) is 16.0 Å². The minimum Gasteiger partial charge on any atom is -0.480 e. The maximum absolute atomic E-state index is 11.8. The maximum atomic E-state index is 11.8. The van der Waals surface area contributed by atoms with Crippen LogP contribution in [-0.4, -0.2) is 28.1 Å². The van der Waals surface area contributed by atoms with Crippen LogP contribution in [0.1, 0.15) is 38.2 Å². The first-order chi connectivity index (χ1) is 9.49. The SMILES string of the molecule is CCCC1(C(=O)O)CCCN1Cc1ccc(Cl)cc1Br. The van der Waals surface area contributed by atoms with Crippen molar-refractivity contribution in [1.82, 2.24) is 4.90 Å². The number of aliphatic carboxylic acids is 1. The monoisotopic (exact) mass is 359 g/mol. The van der Waals surface area contributed by atoms with Crippen LogP contribution in [0.15, 0.2) is 22.7 Å². The number of carboxylic acids is 1. The molecule has 1 aromatic rings. The Morgan fingerprint density at radius 2 is 2.30 bits per heavy atom. The van der Waals surface area contributed by atoms with E-state index in [4.69, 9.17) is 11.6 Å². The number of halogens is 2. The van der Waals surface area contributed by atoms with E-state index in [9.17, 15) is 9.90 Å². The summed E-state index contributed by atoms with van der Waals surface area (Å²) in [5.74, 6) is -0.693. The lowest BCUT2D eigenvalue weighted by molar-refractivity contribution is -0.150. The number of carbonyl (C=O) groups is 1. The van der Waals surface area contributed by atoms with Gasteiger partial charge in [-0.05, 0) is 43.5 Å². The van der Waals surface area contributed by atoms with Crippen molar-refractivity contribution in [1.29, 1.82) is 0 Å². The van der Waals surface area contributed by atoms with Crippen LogP contribution in [0, 0.1) is 0 Å². The first kappa shape index (κ1) is 15.8. The molecule has 1 unspecified atom stereocenters. The fraction of sp³-hybridized carbons (Fsp3) is 0.533. The lowest BCUT2D eigenvalue weighted by Gasteiger charge is -2.35. The Morgan fingerprint density at radius 3 is 2.90 bits per heavy atom. The highest BCUT2D eigenvalue weighted by molar-refractivity contribution is 9.10. The molecule has 1 aliphatic rings. The molecular weight excluding hydrogens is 342 g/mol. The zero-order valence-electron chi connectivity index (χ0n) is 11.5. The molecule has 0 saturated carbocycles. The van der Waals surface area contributed by atoms with E-state index in [1.165, 1.54) is 0 Å². The van der Waals surface area contributed by atoms with E-state index >= 15 is 0 Å². The molecule has 1 aliphatic heterocycles. The van der Waals surface area contributed by atoms with E-state index in [0.717, 1.165) is 35.8 Å². The van der Waals surface area contributed by atoms with E-state index in [2.05, 4.69) is 20.8 Å². The molecule has 0 aliphatic carbocycles. The molecule has 1 heterocycles. The lowest BCUT2D eigenvalue weighted by Crippen LogP contribution is -2.50. The Bertz CT molecular complexity index is 509. The second-order valence-electron chi connectivity index (χ2n) is 5.35. The predicted octanol–water partition coefficient (Wildman–Crippen LogP) is 4.32. The fourth-order valence-electron chi connectivity index (χ4n) is 3.07. The normalized spacial score (nSPS) is 23.1. The van der Waals surface area contributed by atoms with E-state index in [-0.39, 0.29) is 0 Å². The Morgan fingerprint density at radius 1 is 1.55 bits per heavy atom. The summed E-state index contributed by atoms with van der Waals surface area (Å²) < 4.78 is 0.938. The molecule has 0 bridgehead atoms. The summed E-state index contributed by atoms with van der Waals surface area (Å²) in [6, 6.07) is 5.67. The summed E-state index contributed by atoms with van der Waals surface area (Å²) >= 11 is 9.46. The van der Waals surface area contributed by atoms with Gasteiger partial charge in [-0.25, -0.2) is 0 Å². The van der Waals surface area contributed by atoms with Crippen LogP contribution in [0.5, 0.6) is 0 Å². The van der Waals surface area contributed by atoms with Crippen molar-refractivity contribution >= 4 is 33.5 Å². The highest BCUT2D eigenvalue weighted by Gasteiger charge is 2.46. The summed E-state index contributed by atoms with van der Waals surface area (Å²) in [6.07, 6.45) is 3.26. The van der Waals surface area contributed by atoms with Crippen LogP contribution in [0.4, 0.5) is 0 Å². The van der Waals surface area contributed by atoms with Gasteiger partial charge >= 0.3 is 5.97 Å². The number of nitrogens with zero attached hydrogens (tertiary/aromatic N) is 1. The first-order valence-corrected chi connectivity index (χ1v) is 8.09. The molecular formula is C15H19BrClNO2. The van der Waals surface area contributed by atoms with Gasteiger partial charge in [0.2, 0.25) is 0 Å². The topological polar surface area (TPSA) is 40.5 Å². The number of hydrogen-bond acceptors (Lipinski definition) is 2. The Balaban J connectivity index is 2.24. The average Bonchev–Trinajstić information content (AvgIpc) is 2.77. The van der Waals surface area contributed by atoms with Crippen LogP contribution < -0.4 is 0 Å². The van der Waals surface area contributed by atoms with Gasteiger partial charge in [0.1, 0.15) is 5.54 Å². The zero-order valence-corrected chi connectivity index (χ0v) is 13.9. The van der Waals surface area contributed by atoms with E-state index in [1.54, 1.807) is 0 Å². The number of likely N-dealkylation sites (tertiary alicyclic amines) is 1. The third-order valence-electron chi connectivity index (χ3n) is 4.06. The van der Waals surface area contributed by atoms with Gasteiger partial charge in [-0.15, -0.1) is 0 Å². The molecule has 1 saturated heterocycles. The third kappa shape index (κ3) is 3.02. The number of hydrogen-bond donors (Lipinski definition) is 1. The summed E-state index contributed by atoms with van der Waals surface area (Å²) in [5, 5.41) is 10.4. The van der Waals surface area contributed by atoms with Gasteiger partial charge in [0.25, 0.3) is 0 Å². The Labute approximate surface area is 133 Å². The van der Waals surface area contributed by atoms with Gasteiger partial charge in [0.05, 0.1) is 0 Å². The van der Waals surface area contributed by atoms with Crippen molar-refractivity contribution in [3.8, 4) is 0 Å². The van der Waals surface area contributed by atoms with Crippen molar-refractivity contribution < 1.29 is 9.90 Å². The zero-order chi connectivity index (χ0) is 14.8. The summed E-state index contributed by atoms with van der Waals surface area (Å²) in [4.78, 5) is 13.9. The van der Waals surface area contributed by atoms with Gasteiger partial charge in [-0.1, -0.05) is 46.9 Å². The molecule has 3 nitrogen and oxygen atoms in total. The molecule has 0 spiro atoms. The number of benzene rings is 1. The standard InChI is InChI=1S/C15H19BrClNO2/c1-2-6-15(14(19)20)7-3-8-18(15)10-11-4-5-12(17)9-13(11)16/h4-5,9H,2-3,6-8,10H2,1H3,(H,19,20). The van der Waals surface area contributed by atoms with E-state index in [0.29, 0.717) is 18.0 Å². The van der Waals surface area contributed by atoms with E-state index in [1.807, 2.05) is 25.1 Å². The van der Waals surface area contributed by atoms with Crippen LogP contribution in [0.25, 0.3) is 0 Å². The van der Waals surface area contributed by atoms with Gasteiger partial charge < -0.3 is 5.11 Å². The summed E-state index contributed by atoms with van der Waals surface area (Å²) in [6.45, 7) is 3.52. The molecule has 1 N–H and O–H groups in total. The Hall–Kier alpha value is -0.580. The molecule has 1 atom stereocenters. The quantitative estimate of drug-likeness (QED) is 0.850. The van der Waals surface area contributed by atoms with Crippen molar-refractivity contribution in [2.75, 3.05) is 6.54 Å². The second kappa shape index (κ2) is 6.46. The van der Waals surface area contributed by atoms with Crippen LogP contribution in [0.2, 0.25) is 5.02 Å². The summed E-state index contributed by atoms with van der Waals surface area (Å²) in [7, 11) is 0. The van der Waals surface area contributed by atoms with Crippen molar-refractivity contribution in [2.45, 2.75) is 44.7 Å². The smallest absolute Gasteiger partial charge is 0.324 e. The molecule has 2 rings (SSSR count). The number of rotatable bonds is 5. The molecule has 1 fully saturated rings. The maximum Gasteiger partial charge on any atom is 0.324 e. The first-order valence-electron chi connectivity index (χ1n) is 6.92. The molecule has 5 heteroatoms. The highest BCUT2D eigenvalue weighted by Crippen LogP contribution is 2.36. The molecule has 0 aromatic heterocycles. The molecule has 0 amide bonds. The molecule has 1 aromatic carbocycles. The Kier molecular flexibility index (Phi) is 5.10. The van der Waals surface area contributed by atoms with Crippen molar-refractivity contribution in [2.24, 2.45) is 0 Å². The largest absolute Gasteiger partial charge is 0.480 e. The highest BCUT2D eigenvalue weighted by atomic mass is 79.9. The van der Waals surface area contributed by atoms with Crippen LogP contribution >= 0.6 is 27.5 Å². The predicted molar refractivity (Wildman–Crippen MR) is 84.1 cm³/mol. The molecule has 110 valence electrons. The van der Waals surface area contributed by atoms with Crippen molar-refractivity contribution in [3.63, 3.8) is 0 Å². The van der Waals surface area contributed by atoms with Gasteiger partial charge in [-0.2, -0.15) is 0 Å². The van der Waals surface area contributed by atoms with Crippen molar-refractivity contribution in [3.05, 3.63) is 33.3 Å². The van der Waals surface area contributed by atoms with E-state index < -0.39 is 11.5 Å². The fourth-order valence-corrected chi connectivity index (χ4v) is 3.87. The third-order valence-corrected chi connectivity index (χ3v) is 5.04. The summed E-state index contributed by atoms with van der Waals surface area (Å²) in [5.41, 5.74) is 0.381. The minimum atomic E-state index is -0.701.